The van der Waals surface area contributed by atoms with Gasteiger partial charge in [-0.1, -0.05) is 12.1 Å². The molecular formula is C23H30N2O5S. The zero-order chi connectivity index (χ0) is 22.4. The number of hydrogen-bond donors (Lipinski definition) is 1. The molecule has 0 spiro atoms. The summed E-state index contributed by atoms with van der Waals surface area (Å²) in [5.41, 5.74) is 1.36. The SMILES string of the molecule is CCOc1ccc(S(=O)(=O)N2CCC[C@@H](C(=O)Nc3ccccc3OCC)C2)cc1C. The number of ether oxygens (including phenoxy) is 2. The Labute approximate surface area is 184 Å². The molecule has 1 N–H and O–H groups in total. The number of nitrogens with zero attached hydrogens (tertiary/aromatic N) is 1. The van der Waals surface area contributed by atoms with Gasteiger partial charge in [0.05, 0.1) is 29.7 Å². The second-order valence-corrected chi connectivity index (χ2v) is 9.42. The van der Waals surface area contributed by atoms with Gasteiger partial charge in [-0.2, -0.15) is 4.31 Å². The summed E-state index contributed by atoms with van der Waals surface area (Å²) in [6.45, 7) is 7.14. The van der Waals surface area contributed by atoms with E-state index in [2.05, 4.69) is 5.32 Å². The molecule has 0 aromatic heterocycles. The lowest BCUT2D eigenvalue weighted by Crippen LogP contribution is -2.43. The van der Waals surface area contributed by atoms with Crippen LogP contribution >= 0.6 is 0 Å². The van der Waals surface area contributed by atoms with Gasteiger partial charge < -0.3 is 14.8 Å². The normalized spacial score (nSPS) is 17.2. The van der Waals surface area contributed by atoms with Crippen LogP contribution in [0.25, 0.3) is 0 Å². The number of aryl methyl sites for hydroxylation is 1. The van der Waals surface area contributed by atoms with Gasteiger partial charge in [0, 0.05) is 13.1 Å². The number of piperidine rings is 1. The molecule has 2 aromatic rings. The number of anilines is 1. The quantitative estimate of drug-likeness (QED) is 0.666. The van der Waals surface area contributed by atoms with Crippen LogP contribution in [0.4, 0.5) is 5.69 Å². The molecule has 2 aromatic carbocycles. The van der Waals surface area contributed by atoms with Gasteiger partial charge in [0.25, 0.3) is 0 Å². The van der Waals surface area contributed by atoms with Crippen molar-refractivity contribution < 1.29 is 22.7 Å². The van der Waals surface area contributed by atoms with Gasteiger partial charge in [0.1, 0.15) is 11.5 Å². The predicted octanol–water partition coefficient (Wildman–Crippen LogP) is 3.83. The standard InChI is InChI=1S/C23H30N2O5S/c1-4-29-21-13-12-19(15-17(21)3)31(27,28)25-14-8-9-18(16-25)23(26)24-20-10-6-7-11-22(20)30-5-2/h6-7,10-13,15,18H,4-5,8-9,14,16H2,1-3H3,(H,24,26)/t18-/m1/s1. The summed E-state index contributed by atoms with van der Waals surface area (Å²) in [5, 5.41) is 2.91. The average Bonchev–Trinajstić information content (AvgIpc) is 2.77. The maximum atomic E-state index is 13.2. The molecule has 0 bridgehead atoms. The molecule has 0 aliphatic carbocycles. The van der Waals surface area contributed by atoms with Crippen molar-refractivity contribution in [2.75, 3.05) is 31.6 Å². The molecular weight excluding hydrogens is 416 g/mol. The van der Waals surface area contributed by atoms with Gasteiger partial charge in [-0.25, -0.2) is 8.42 Å². The molecule has 1 aliphatic rings. The van der Waals surface area contributed by atoms with Crippen LogP contribution in [0.3, 0.4) is 0 Å². The van der Waals surface area contributed by atoms with Crippen LogP contribution in [0.5, 0.6) is 11.5 Å². The van der Waals surface area contributed by atoms with Crippen LogP contribution in [0.15, 0.2) is 47.4 Å². The van der Waals surface area contributed by atoms with Gasteiger partial charge in [-0.15, -0.1) is 0 Å². The summed E-state index contributed by atoms with van der Waals surface area (Å²) in [6.07, 6.45) is 1.26. The average molecular weight is 447 g/mol. The summed E-state index contributed by atoms with van der Waals surface area (Å²) in [4.78, 5) is 13.1. The Kier molecular flexibility index (Phi) is 7.56. The van der Waals surface area contributed by atoms with Crippen molar-refractivity contribution in [2.45, 2.75) is 38.5 Å². The number of benzene rings is 2. The number of carbonyl (C=O) groups excluding carboxylic acids is 1. The molecule has 1 atom stereocenters. The fourth-order valence-corrected chi connectivity index (χ4v) is 5.32. The lowest BCUT2D eigenvalue weighted by atomic mass is 9.98. The molecule has 31 heavy (non-hydrogen) atoms. The highest BCUT2D eigenvalue weighted by Crippen LogP contribution is 2.29. The van der Waals surface area contributed by atoms with E-state index in [1.165, 1.54) is 4.31 Å². The van der Waals surface area contributed by atoms with Crippen LogP contribution < -0.4 is 14.8 Å². The van der Waals surface area contributed by atoms with E-state index in [0.29, 0.717) is 49.8 Å². The van der Waals surface area contributed by atoms with Crippen LogP contribution in [0.1, 0.15) is 32.3 Å². The maximum absolute atomic E-state index is 13.2. The molecule has 0 saturated carbocycles. The number of carbonyl (C=O) groups is 1. The maximum Gasteiger partial charge on any atom is 0.243 e. The first-order chi connectivity index (χ1) is 14.9. The highest BCUT2D eigenvalue weighted by atomic mass is 32.2. The van der Waals surface area contributed by atoms with E-state index < -0.39 is 15.9 Å². The minimum absolute atomic E-state index is 0.150. The Hall–Kier alpha value is -2.58. The molecule has 3 rings (SSSR count). The van der Waals surface area contributed by atoms with Gasteiger partial charge in [0.2, 0.25) is 15.9 Å². The van der Waals surface area contributed by atoms with E-state index in [9.17, 15) is 13.2 Å². The van der Waals surface area contributed by atoms with Gasteiger partial charge in [-0.3, -0.25) is 4.79 Å². The zero-order valence-electron chi connectivity index (χ0n) is 18.3. The number of sulfonamides is 1. The molecule has 168 valence electrons. The molecule has 1 saturated heterocycles. The molecule has 7 nitrogen and oxygen atoms in total. The molecule has 0 radical (unpaired) electrons. The molecule has 0 unspecified atom stereocenters. The van der Waals surface area contributed by atoms with E-state index in [4.69, 9.17) is 9.47 Å². The fourth-order valence-electron chi connectivity index (χ4n) is 3.71. The minimum Gasteiger partial charge on any atom is -0.494 e. The smallest absolute Gasteiger partial charge is 0.243 e. The lowest BCUT2D eigenvalue weighted by molar-refractivity contribution is -0.120. The predicted molar refractivity (Wildman–Crippen MR) is 120 cm³/mol. The number of rotatable bonds is 8. The fraction of sp³-hybridized carbons (Fsp3) is 0.435. The second-order valence-electron chi connectivity index (χ2n) is 7.48. The largest absolute Gasteiger partial charge is 0.494 e. The van der Waals surface area contributed by atoms with E-state index >= 15 is 0 Å². The van der Waals surface area contributed by atoms with E-state index in [1.54, 1.807) is 30.3 Å². The van der Waals surface area contributed by atoms with Gasteiger partial charge in [-0.05, 0) is 69.5 Å². The van der Waals surface area contributed by atoms with Crippen molar-refractivity contribution in [1.82, 2.24) is 4.31 Å². The van der Waals surface area contributed by atoms with Crippen molar-refractivity contribution in [2.24, 2.45) is 5.92 Å². The number of para-hydroxylation sites is 2. The number of nitrogens with one attached hydrogen (secondary N) is 1. The van der Waals surface area contributed by atoms with Crippen molar-refractivity contribution in [3.8, 4) is 11.5 Å². The van der Waals surface area contributed by atoms with E-state index in [-0.39, 0.29) is 17.3 Å². The molecule has 8 heteroatoms. The van der Waals surface area contributed by atoms with Crippen molar-refractivity contribution in [3.63, 3.8) is 0 Å². The molecule has 1 aliphatic heterocycles. The summed E-state index contributed by atoms with van der Waals surface area (Å²) in [5.74, 6) is 0.644. The molecule has 1 fully saturated rings. The highest BCUT2D eigenvalue weighted by molar-refractivity contribution is 7.89. The Balaban J connectivity index is 1.74. The Bertz CT molecular complexity index is 1020. The van der Waals surface area contributed by atoms with Crippen molar-refractivity contribution in [3.05, 3.63) is 48.0 Å². The zero-order valence-corrected chi connectivity index (χ0v) is 19.1. The van der Waals surface area contributed by atoms with Crippen molar-refractivity contribution in [1.29, 1.82) is 0 Å². The van der Waals surface area contributed by atoms with Gasteiger partial charge in [0.15, 0.2) is 0 Å². The Morgan fingerprint density at radius 1 is 1.10 bits per heavy atom. The second kappa shape index (κ2) is 10.2. The molecule has 1 heterocycles. The van der Waals surface area contributed by atoms with Crippen LogP contribution in [0.2, 0.25) is 0 Å². The summed E-state index contributed by atoms with van der Waals surface area (Å²) in [6, 6.07) is 12.1. The third kappa shape index (κ3) is 5.37. The Morgan fingerprint density at radius 2 is 1.81 bits per heavy atom. The lowest BCUT2D eigenvalue weighted by Gasteiger charge is -2.31. The topological polar surface area (TPSA) is 84.9 Å². The van der Waals surface area contributed by atoms with Crippen LogP contribution in [-0.4, -0.2) is 44.9 Å². The summed E-state index contributed by atoms with van der Waals surface area (Å²) >= 11 is 0. The van der Waals surface area contributed by atoms with Crippen LogP contribution in [0, 0.1) is 12.8 Å². The third-order valence-electron chi connectivity index (χ3n) is 5.28. The summed E-state index contributed by atoms with van der Waals surface area (Å²) in [7, 11) is -3.70. The van der Waals surface area contributed by atoms with Crippen molar-refractivity contribution >= 4 is 21.6 Å². The highest BCUT2D eigenvalue weighted by Gasteiger charge is 2.33. The number of hydrogen-bond acceptors (Lipinski definition) is 5. The van der Waals surface area contributed by atoms with E-state index in [1.807, 2.05) is 32.9 Å². The Morgan fingerprint density at radius 3 is 2.52 bits per heavy atom. The third-order valence-corrected chi connectivity index (χ3v) is 7.14. The first kappa shape index (κ1) is 23.1. The summed E-state index contributed by atoms with van der Waals surface area (Å²) < 4.78 is 38.9. The number of amides is 1. The van der Waals surface area contributed by atoms with Gasteiger partial charge >= 0.3 is 0 Å². The monoisotopic (exact) mass is 446 g/mol. The van der Waals surface area contributed by atoms with Crippen LogP contribution in [-0.2, 0) is 14.8 Å². The minimum atomic E-state index is -3.70. The molecule has 1 amide bonds. The first-order valence-electron chi connectivity index (χ1n) is 10.6. The van der Waals surface area contributed by atoms with E-state index in [0.717, 1.165) is 5.56 Å². The first-order valence-corrected chi connectivity index (χ1v) is 12.1.